The molecule has 3 N–H and O–H groups in total. The Balaban J connectivity index is 0. The first-order valence-electron chi connectivity index (χ1n) is 1.47. The summed E-state index contributed by atoms with van der Waals surface area (Å²) < 4.78 is 4.58. The Bertz CT molecular complexity index is 68.2. The first-order chi connectivity index (χ1) is 2.50. The second kappa shape index (κ2) is 5.76. The molecule has 0 bridgehead atoms. The summed E-state index contributed by atoms with van der Waals surface area (Å²) in [6, 6.07) is 3.67. The summed E-state index contributed by atoms with van der Waals surface area (Å²) in [5.41, 5.74) is 0. The zero-order valence-corrected chi connectivity index (χ0v) is 6.02. The maximum Gasteiger partial charge on any atom is 0.0902 e. The molecule has 7 heavy (non-hydrogen) atoms. The standard InChI is InChI=1S/C4H4O.H3N.H2Se/c1-2-4-5-3-1;;/h1-4H;1H3;1H2. The van der Waals surface area contributed by atoms with E-state index in [-0.39, 0.29) is 23.2 Å². The molecule has 0 unspecified atom stereocenters. The summed E-state index contributed by atoms with van der Waals surface area (Å²) in [4.78, 5) is 0. The molecule has 1 rings (SSSR count). The largest absolute Gasteiger partial charge is 0.473 e. The molecule has 0 fully saturated rings. The molecule has 0 aliphatic rings. The fourth-order valence-corrected chi connectivity index (χ4v) is 0.227. The third-order valence-electron chi connectivity index (χ3n) is 0.425. The first-order valence-corrected chi connectivity index (χ1v) is 1.47. The smallest absolute Gasteiger partial charge is 0.0902 e. The van der Waals surface area contributed by atoms with Crippen molar-refractivity contribution in [3.05, 3.63) is 24.7 Å². The molecular weight excluding hydrogens is 157 g/mol. The van der Waals surface area contributed by atoms with E-state index >= 15 is 0 Å². The summed E-state index contributed by atoms with van der Waals surface area (Å²) in [7, 11) is 0. The third-order valence-corrected chi connectivity index (χ3v) is 0.425. The van der Waals surface area contributed by atoms with Gasteiger partial charge in [0.2, 0.25) is 0 Å². The van der Waals surface area contributed by atoms with E-state index < -0.39 is 0 Å². The van der Waals surface area contributed by atoms with Crippen molar-refractivity contribution in [2.45, 2.75) is 0 Å². The minimum atomic E-state index is 0. The van der Waals surface area contributed by atoms with Gasteiger partial charge in [0.15, 0.2) is 0 Å². The van der Waals surface area contributed by atoms with Crippen LogP contribution in [0.3, 0.4) is 0 Å². The number of rotatable bonds is 0. The van der Waals surface area contributed by atoms with Gasteiger partial charge in [-0.15, -0.1) is 0 Å². The van der Waals surface area contributed by atoms with Crippen molar-refractivity contribution >= 4 is 17.1 Å². The minimum absolute atomic E-state index is 0. The van der Waals surface area contributed by atoms with Crippen LogP contribution in [0.4, 0.5) is 0 Å². The van der Waals surface area contributed by atoms with Crippen molar-refractivity contribution in [1.82, 2.24) is 6.15 Å². The molecule has 1 aromatic rings. The van der Waals surface area contributed by atoms with Crippen molar-refractivity contribution in [2.24, 2.45) is 0 Å². The molecule has 1 heterocycles. The maximum atomic E-state index is 4.58. The predicted octanol–water partition coefficient (Wildman–Crippen LogP) is 0.525. The Morgan fingerprint density at radius 3 is 1.57 bits per heavy atom. The quantitative estimate of drug-likeness (QED) is 0.571. The van der Waals surface area contributed by atoms with Gasteiger partial charge in [0.25, 0.3) is 0 Å². The molecule has 2 nitrogen and oxygen atoms in total. The van der Waals surface area contributed by atoms with Crippen molar-refractivity contribution in [3.63, 3.8) is 0 Å². The topological polar surface area (TPSA) is 48.1 Å². The zero-order valence-electron chi connectivity index (χ0n) is 3.92. The molecule has 0 aromatic carbocycles. The van der Waals surface area contributed by atoms with E-state index in [9.17, 15) is 0 Å². The summed E-state index contributed by atoms with van der Waals surface area (Å²) in [5, 5.41) is 0. The van der Waals surface area contributed by atoms with E-state index in [1.807, 2.05) is 12.1 Å². The van der Waals surface area contributed by atoms with E-state index in [1.165, 1.54) is 0 Å². The van der Waals surface area contributed by atoms with E-state index in [1.54, 1.807) is 12.5 Å². The van der Waals surface area contributed by atoms with E-state index in [4.69, 9.17) is 0 Å². The van der Waals surface area contributed by atoms with Crippen molar-refractivity contribution in [3.8, 4) is 0 Å². The molecule has 1 aromatic heterocycles. The van der Waals surface area contributed by atoms with Crippen LogP contribution >= 0.6 is 0 Å². The van der Waals surface area contributed by atoms with Crippen molar-refractivity contribution < 1.29 is 4.42 Å². The van der Waals surface area contributed by atoms with Gasteiger partial charge < -0.3 is 10.6 Å². The molecular formula is C4H9NOSe. The molecule has 0 saturated heterocycles. The molecule has 0 atom stereocenters. The fourth-order valence-electron chi connectivity index (χ4n) is 0.227. The van der Waals surface area contributed by atoms with Gasteiger partial charge in [0.1, 0.15) is 0 Å². The van der Waals surface area contributed by atoms with Gasteiger partial charge in [0, 0.05) is 0 Å². The second-order valence-corrected chi connectivity index (χ2v) is 0.793. The Morgan fingerprint density at radius 2 is 1.43 bits per heavy atom. The minimum Gasteiger partial charge on any atom is -0.473 e. The summed E-state index contributed by atoms with van der Waals surface area (Å²) in [6.07, 6.45) is 3.25. The summed E-state index contributed by atoms with van der Waals surface area (Å²) >= 11 is 0. The molecule has 0 aliphatic heterocycles. The van der Waals surface area contributed by atoms with Crippen LogP contribution in [0.1, 0.15) is 0 Å². The monoisotopic (exact) mass is 167 g/mol. The summed E-state index contributed by atoms with van der Waals surface area (Å²) in [6.45, 7) is 0. The normalized spacial score (nSPS) is 5.71. The van der Waals surface area contributed by atoms with Gasteiger partial charge in [-0.25, -0.2) is 0 Å². The first kappa shape index (κ1) is 9.90. The van der Waals surface area contributed by atoms with Crippen molar-refractivity contribution in [2.75, 3.05) is 0 Å². The Kier molecular flexibility index (Phi) is 8.14. The van der Waals surface area contributed by atoms with E-state index in [0.717, 1.165) is 0 Å². The van der Waals surface area contributed by atoms with E-state index in [0.29, 0.717) is 0 Å². The second-order valence-electron chi connectivity index (χ2n) is 0.793. The van der Waals surface area contributed by atoms with Crippen molar-refractivity contribution in [1.29, 1.82) is 0 Å². The summed E-state index contributed by atoms with van der Waals surface area (Å²) in [5.74, 6) is 0. The molecule has 3 heteroatoms. The fraction of sp³-hybridized carbons (Fsp3) is 0. The van der Waals surface area contributed by atoms with E-state index in [2.05, 4.69) is 4.42 Å². The average Bonchev–Trinajstić information content (AvgIpc) is 1.76. The SMILES string of the molecule is N.[SeH2].c1ccoc1. The Labute approximate surface area is 53.0 Å². The molecule has 0 spiro atoms. The average molecular weight is 166 g/mol. The number of furan rings is 1. The number of hydrogen-bond acceptors (Lipinski definition) is 2. The van der Waals surface area contributed by atoms with Gasteiger partial charge in [-0.3, -0.25) is 0 Å². The van der Waals surface area contributed by atoms with Crippen LogP contribution in [0.5, 0.6) is 0 Å². The van der Waals surface area contributed by atoms with Gasteiger partial charge in [-0.05, 0) is 12.1 Å². The Hall–Kier alpha value is -0.241. The van der Waals surface area contributed by atoms with Crippen LogP contribution in [0.25, 0.3) is 0 Å². The molecule has 42 valence electrons. The van der Waals surface area contributed by atoms with Gasteiger partial charge in [-0.1, -0.05) is 0 Å². The molecule has 0 radical (unpaired) electrons. The van der Waals surface area contributed by atoms with Gasteiger partial charge in [-0.2, -0.15) is 0 Å². The molecule has 0 amide bonds. The van der Waals surface area contributed by atoms with Crippen LogP contribution < -0.4 is 6.15 Å². The van der Waals surface area contributed by atoms with Gasteiger partial charge >= 0.3 is 17.1 Å². The van der Waals surface area contributed by atoms with Crippen LogP contribution in [-0.4, -0.2) is 17.1 Å². The van der Waals surface area contributed by atoms with Crippen LogP contribution in [0.2, 0.25) is 0 Å². The molecule has 0 saturated carbocycles. The van der Waals surface area contributed by atoms with Crippen LogP contribution in [-0.2, 0) is 0 Å². The number of hydrogen-bond donors (Lipinski definition) is 1. The van der Waals surface area contributed by atoms with Gasteiger partial charge in [0.05, 0.1) is 12.5 Å². The van der Waals surface area contributed by atoms with Crippen LogP contribution in [0, 0.1) is 0 Å². The maximum absolute atomic E-state index is 4.58. The Morgan fingerprint density at radius 1 is 1.00 bits per heavy atom. The van der Waals surface area contributed by atoms with Crippen LogP contribution in [0.15, 0.2) is 29.1 Å². The third kappa shape index (κ3) is 3.59. The zero-order chi connectivity index (χ0) is 3.54. The molecule has 0 aliphatic carbocycles. The predicted molar refractivity (Wildman–Crippen MR) is 32.3 cm³/mol.